The van der Waals surface area contributed by atoms with Gasteiger partial charge in [0.1, 0.15) is 0 Å². The Hall–Kier alpha value is -2.48. The number of carbonyl (C=O) groups excluding carboxylic acids is 2. The van der Waals surface area contributed by atoms with E-state index < -0.39 is 22.9 Å². The van der Waals surface area contributed by atoms with Crippen LogP contribution in [0.4, 0.5) is 24.5 Å². The minimum atomic E-state index is -4.48. The Morgan fingerprint density at radius 3 is 2.55 bits per heavy atom. The topological polar surface area (TPSA) is 58.2 Å². The molecule has 2 N–H and O–H groups in total. The van der Waals surface area contributed by atoms with Crippen molar-refractivity contribution in [2.75, 3.05) is 10.6 Å². The molecular weight excluding hydrogens is 401 g/mol. The maximum atomic E-state index is 12.8. The normalized spacial score (nSPS) is 16.1. The summed E-state index contributed by atoms with van der Waals surface area (Å²) in [7, 11) is 0. The number of fused-ring (bicyclic) bond motifs is 1. The summed E-state index contributed by atoms with van der Waals surface area (Å²) in [4.78, 5) is 25.1. The van der Waals surface area contributed by atoms with Crippen LogP contribution < -0.4 is 10.6 Å². The van der Waals surface area contributed by atoms with Gasteiger partial charge in [-0.15, -0.1) is 11.8 Å². The molecule has 1 unspecified atom stereocenters. The number of alkyl halides is 3. The van der Waals surface area contributed by atoms with Gasteiger partial charge in [-0.3, -0.25) is 9.59 Å². The van der Waals surface area contributed by atoms with Gasteiger partial charge in [0.2, 0.25) is 11.8 Å². The van der Waals surface area contributed by atoms with E-state index in [0.29, 0.717) is 10.6 Å². The fourth-order valence-corrected chi connectivity index (χ4v) is 4.07. The molecule has 4 nitrogen and oxygen atoms in total. The number of unbranched alkanes of at least 4 members (excludes halogenated alkanes) is 1. The number of anilines is 2. The van der Waals surface area contributed by atoms with Crippen molar-refractivity contribution in [1.82, 2.24) is 0 Å². The average Bonchev–Trinajstić information content (AvgIpc) is 2.67. The van der Waals surface area contributed by atoms with Crippen LogP contribution in [0.2, 0.25) is 0 Å². The zero-order chi connectivity index (χ0) is 21.0. The van der Waals surface area contributed by atoms with Gasteiger partial charge >= 0.3 is 6.18 Å². The molecule has 3 rings (SSSR count). The second-order valence-electron chi connectivity index (χ2n) is 6.86. The Kier molecular flexibility index (Phi) is 6.52. The van der Waals surface area contributed by atoms with E-state index in [1.807, 2.05) is 24.3 Å². The minimum Gasteiger partial charge on any atom is -0.326 e. The van der Waals surface area contributed by atoms with E-state index in [1.54, 1.807) is 0 Å². The van der Waals surface area contributed by atoms with E-state index in [-0.39, 0.29) is 18.0 Å². The molecule has 0 aromatic heterocycles. The van der Waals surface area contributed by atoms with Crippen LogP contribution in [0.25, 0.3) is 0 Å². The fraction of sp³-hybridized carbons (Fsp3) is 0.333. The Morgan fingerprint density at radius 1 is 1.17 bits per heavy atom. The standard InChI is InChI=1S/C21H21F3N2O2S/c1-2-3-4-13-5-8-15(9-6-13)25-19(27)12-18-20(28)26-16-11-14(21(22,23)24)7-10-17(16)29-18/h5-11,18H,2-4,12H2,1H3,(H,25,27)(H,26,28). The molecular formula is C21H21F3N2O2S. The van der Waals surface area contributed by atoms with Gasteiger partial charge in [0, 0.05) is 17.0 Å². The molecule has 1 aliphatic rings. The Morgan fingerprint density at radius 2 is 1.90 bits per heavy atom. The average molecular weight is 422 g/mol. The summed E-state index contributed by atoms with van der Waals surface area (Å²) >= 11 is 1.09. The first kappa shape index (κ1) is 21.2. The summed E-state index contributed by atoms with van der Waals surface area (Å²) in [6.07, 6.45) is -1.35. The van der Waals surface area contributed by atoms with E-state index >= 15 is 0 Å². The first-order valence-electron chi connectivity index (χ1n) is 9.34. The molecule has 0 saturated carbocycles. The van der Waals surface area contributed by atoms with Crippen LogP contribution in [0, 0.1) is 0 Å². The molecule has 1 atom stereocenters. The number of hydrogen-bond acceptors (Lipinski definition) is 3. The molecule has 0 bridgehead atoms. The highest BCUT2D eigenvalue weighted by Gasteiger charge is 2.34. The van der Waals surface area contributed by atoms with Crippen molar-refractivity contribution in [2.45, 2.75) is 48.9 Å². The second kappa shape index (κ2) is 8.90. The quantitative estimate of drug-likeness (QED) is 0.647. The highest BCUT2D eigenvalue weighted by Crippen LogP contribution is 2.40. The maximum Gasteiger partial charge on any atom is 0.416 e. The molecule has 29 heavy (non-hydrogen) atoms. The number of hydrogen-bond donors (Lipinski definition) is 2. The first-order valence-corrected chi connectivity index (χ1v) is 10.2. The highest BCUT2D eigenvalue weighted by molar-refractivity contribution is 8.01. The SMILES string of the molecule is CCCCc1ccc(NC(=O)CC2Sc3ccc(C(F)(F)F)cc3NC2=O)cc1. The Bertz CT molecular complexity index is 898. The third kappa shape index (κ3) is 5.53. The van der Waals surface area contributed by atoms with Gasteiger partial charge in [-0.05, 0) is 48.7 Å². The van der Waals surface area contributed by atoms with E-state index in [9.17, 15) is 22.8 Å². The number of carbonyl (C=O) groups is 2. The van der Waals surface area contributed by atoms with Crippen molar-refractivity contribution in [3.05, 3.63) is 53.6 Å². The van der Waals surface area contributed by atoms with E-state index in [1.165, 1.54) is 11.6 Å². The van der Waals surface area contributed by atoms with Crippen molar-refractivity contribution in [3.8, 4) is 0 Å². The van der Waals surface area contributed by atoms with Gasteiger partial charge in [-0.1, -0.05) is 25.5 Å². The fourth-order valence-electron chi connectivity index (χ4n) is 2.98. The van der Waals surface area contributed by atoms with Crippen LogP contribution in [0.15, 0.2) is 47.4 Å². The molecule has 0 fully saturated rings. The monoisotopic (exact) mass is 422 g/mol. The third-order valence-electron chi connectivity index (χ3n) is 4.55. The first-order chi connectivity index (χ1) is 13.8. The van der Waals surface area contributed by atoms with Crippen LogP contribution >= 0.6 is 11.8 Å². The lowest BCUT2D eigenvalue weighted by atomic mass is 10.1. The minimum absolute atomic E-state index is 0.0749. The smallest absolute Gasteiger partial charge is 0.326 e. The zero-order valence-electron chi connectivity index (χ0n) is 15.8. The van der Waals surface area contributed by atoms with Gasteiger partial charge in [-0.25, -0.2) is 0 Å². The molecule has 1 aliphatic heterocycles. The van der Waals surface area contributed by atoms with E-state index in [0.717, 1.165) is 43.2 Å². The molecule has 0 spiro atoms. The number of thioether (sulfide) groups is 1. The largest absolute Gasteiger partial charge is 0.416 e. The summed E-state index contributed by atoms with van der Waals surface area (Å²) in [6.45, 7) is 2.13. The van der Waals surface area contributed by atoms with Gasteiger partial charge in [0.15, 0.2) is 0 Å². The second-order valence-corrected chi connectivity index (χ2v) is 8.10. The van der Waals surface area contributed by atoms with Crippen molar-refractivity contribution < 1.29 is 22.8 Å². The summed E-state index contributed by atoms with van der Waals surface area (Å²) < 4.78 is 38.5. The van der Waals surface area contributed by atoms with Gasteiger partial charge < -0.3 is 10.6 Å². The van der Waals surface area contributed by atoms with Crippen LogP contribution in [-0.2, 0) is 22.2 Å². The molecule has 2 aromatic rings. The maximum absolute atomic E-state index is 12.8. The predicted molar refractivity (Wildman–Crippen MR) is 108 cm³/mol. The highest BCUT2D eigenvalue weighted by atomic mass is 32.2. The summed E-state index contributed by atoms with van der Waals surface area (Å²) in [5.74, 6) is -0.804. The van der Waals surface area contributed by atoms with Crippen molar-refractivity contribution in [2.24, 2.45) is 0 Å². The number of benzene rings is 2. The van der Waals surface area contributed by atoms with Crippen LogP contribution in [0.3, 0.4) is 0 Å². The van der Waals surface area contributed by atoms with Gasteiger partial charge in [-0.2, -0.15) is 13.2 Å². The summed E-state index contributed by atoms with van der Waals surface area (Å²) in [5, 5.41) is 4.54. The Labute approximate surface area is 171 Å². The van der Waals surface area contributed by atoms with Gasteiger partial charge in [0.25, 0.3) is 0 Å². The molecule has 2 amide bonds. The van der Waals surface area contributed by atoms with Crippen molar-refractivity contribution >= 4 is 35.0 Å². The molecule has 0 aliphatic carbocycles. The van der Waals surface area contributed by atoms with E-state index in [2.05, 4.69) is 17.6 Å². The molecule has 1 heterocycles. The lowest BCUT2D eigenvalue weighted by Crippen LogP contribution is -2.32. The zero-order valence-corrected chi connectivity index (χ0v) is 16.6. The number of nitrogens with one attached hydrogen (secondary N) is 2. The molecule has 154 valence electrons. The molecule has 0 radical (unpaired) electrons. The van der Waals surface area contributed by atoms with Crippen LogP contribution in [-0.4, -0.2) is 17.1 Å². The van der Waals surface area contributed by atoms with Crippen molar-refractivity contribution in [1.29, 1.82) is 0 Å². The van der Waals surface area contributed by atoms with Crippen molar-refractivity contribution in [3.63, 3.8) is 0 Å². The lowest BCUT2D eigenvalue weighted by molar-refractivity contribution is -0.137. The molecule has 8 heteroatoms. The summed E-state index contributed by atoms with van der Waals surface area (Å²) in [6, 6.07) is 10.8. The van der Waals surface area contributed by atoms with Gasteiger partial charge in [0.05, 0.1) is 16.5 Å². The van der Waals surface area contributed by atoms with Crippen LogP contribution in [0.5, 0.6) is 0 Å². The molecule has 0 saturated heterocycles. The lowest BCUT2D eigenvalue weighted by Gasteiger charge is -2.24. The number of amides is 2. The number of halogens is 3. The number of rotatable bonds is 6. The third-order valence-corrected chi connectivity index (χ3v) is 5.83. The van der Waals surface area contributed by atoms with Crippen LogP contribution in [0.1, 0.15) is 37.3 Å². The Balaban J connectivity index is 1.60. The number of aryl methyl sites for hydroxylation is 1. The van der Waals surface area contributed by atoms with E-state index in [4.69, 9.17) is 0 Å². The summed E-state index contributed by atoms with van der Waals surface area (Å²) in [5.41, 5.74) is 1.14. The predicted octanol–water partition coefficient (Wildman–Crippen LogP) is 5.49. The molecule has 2 aromatic carbocycles.